The molecule has 0 aromatic rings. The van der Waals surface area contributed by atoms with Crippen LogP contribution in [0.15, 0.2) is 0 Å². The van der Waals surface area contributed by atoms with Crippen LogP contribution in [0.4, 0.5) is 0 Å². The molecule has 1 unspecified atom stereocenters. The third kappa shape index (κ3) is 18.8. The van der Waals surface area contributed by atoms with E-state index < -0.39 is 5.97 Å². The maximum absolute atomic E-state index is 10.2. The van der Waals surface area contributed by atoms with Gasteiger partial charge in [-0.15, -0.1) is 0 Å². The highest BCUT2D eigenvalue weighted by atomic mass is 16.4. The average molecular weight is 400 g/mol. The molecule has 0 rings (SSSR count). The lowest BCUT2D eigenvalue weighted by Gasteiger charge is -2.39. The molecule has 0 bridgehead atoms. The Morgan fingerprint density at radius 1 is 0.786 bits per heavy atom. The first-order valence-electron chi connectivity index (χ1n) is 12.1. The lowest BCUT2D eigenvalue weighted by Crippen LogP contribution is -2.50. The lowest BCUT2D eigenvalue weighted by molar-refractivity contribution is -0.929. The molecule has 0 heterocycles. The van der Waals surface area contributed by atoms with Gasteiger partial charge in [-0.05, 0) is 49.9 Å². The van der Waals surface area contributed by atoms with Crippen LogP contribution in [0, 0.1) is 11.3 Å². The Morgan fingerprint density at radius 3 is 1.32 bits per heavy atom. The molecule has 0 aliphatic carbocycles. The Kier molecular flexibility index (Phi) is 18.3. The second-order valence-electron chi connectivity index (χ2n) is 10.1. The molecule has 3 heteroatoms. The number of carbonyl (C=O) groups is 1. The summed E-state index contributed by atoms with van der Waals surface area (Å²) in [6.45, 7) is 23.3. The molecule has 3 nitrogen and oxygen atoms in total. The van der Waals surface area contributed by atoms with Crippen LogP contribution < -0.4 is 5.11 Å². The third-order valence-corrected chi connectivity index (χ3v) is 5.42. The van der Waals surface area contributed by atoms with Gasteiger partial charge in [0.25, 0.3) is 0 Å². The Hall–Kier alpha value is -0.570. The van der Waals surface area contributed by atoms with Crippen LogP contribution in [0.5, 0.6) is 0 Å². The number of hydrogen-bond donors (Lipinski definition) is 0. The molecule has 0 amide bonds. The number of unbranched alkanes of at least 4 members (excludes halogenated alkanes) is 4. The summed E-state index contributed by atoms with van der Waals surface area (Å²) in [6, 6.07) is 0. The molecule has 0 aliphatic heterocycles. The van der Waals surface area contributed by atoms with Gasteiger partial charge in [0.05, 0.1) is 26.2 Å². The van der Waals surface area contributed by atoms with Crippen LogP contribution in [-0.4, -0.2) is 36.6 Å². The van der Waals surface area contributed by atoms with Crippen LogP contribution in [0.3, 0.4) is 0 Å². The monoisotopic (exact) mass is 399 g/mol. The van der Waals surface area contributed by atoms with Gasteiger partial charge in [0, 0.05) is 5.97 Å². The summed E-state index contributed by atoms with van der Waals surface area (Å²) in [4.78, 5) is 10.2. The van der Waals surface area contributed by atoms with Crippen LogP contribution in [0.2, 0.25) is 0 Å². The number of hydrogen-bond acceptors (Lipinski definition) is 2. The maximum Gasteiger partial charge on any atom is 0.0786 e. The summed E-state index contributed by atoms with van der Waals surface area (Å²) in [6.07, 6.45) is 12.2. The predicted octanol–water partition coefficient (Wildman–Crippen LogP) is 6.20. The van der Waals surface area contributed by atoms with E-state index in [0.29, 0.717) is 0 Å². The second-order valence-corrected chi connectivity index (χ2v) is 10.1. The van der Waals surface area contributed by atoms with Crippen molar-refractivity contribution in [3.05, 3.63) is 0 Å². The van der Waals surface area contributed by atoms with Gasteiger partial charge in [0.2, 0.25) is 0 Å². The van der Waals surface area contributed by atoms with Crippen molar-refractivity contribution in [3.8, 4) is 0 Å². The van der Waals surface area contributed by atoms with Gasteiger partial charge in [-0.1, -0.05) is 81.1 Å². The predicted molar refractivity (Wildman–Crippen MR) is 122 cm³/mol. The first-order valence-corrected chi connectivity index (χ1v) is 12.1. The van der Waals surface area contributed by atoms with Crippen LogP contribution >= 0.6 is 0 Å². The summed E-state index contributed by atoms with van der Waals surface area (Å²) in [7, 11) is 0. The molecule has 0 saturated heterocycles. The van der Waals surface area contributed by atoms with Gasteiger partial charge in [0.15, 0.2) is 0 Å². The molecule has 0 aromatic heterocycles. The zero-order valence-corrected chi connectivity index (χ0v) is 20.7. The normalized spacial score (nSPS) is 13.0. The van der Waals surface area contributed by atoms with Gasteiger partial charge < -0.3 is 14.4 Å². The van der Waals surface area contributed by atoms with Gasteiger partial charge in [-0.25, -0.2) is 0 Å². The minimum Gasteiger partial charge on any atom is -0.550 e. The molecule has 0 saturated carbocycles. The van der Waals surface area contributed by atoms with E-state index >= 15 is 0 Å². The molecule has 0 fully saturated rings. The quantitative estimate of drug-likeness (QED) is 0.307. The van der Waals surface area contributed by atoms with E-state index in [-0.39, 0.29) is 17.8 Å². The fourth-order valence-corrected chi connectivity index (χ4v) is 4.05. The smallest absolute Gasteiger partial charge is 0.0786 e. The van der Waals surface area contributed by atoms with Crippen molar-refractivity contribution in [2.75, 3.05) is 26.2 Å². The minimum absolute atomic E-state index is 0.178. The van der Waals surface area contributed by atoms with E-state index in [4.69, 9.17) is 0 Å². The van der Waals surface area contributed by atoms with E-state index in [1.54, 1.807) is 0 Å². The fourth-order valence-electron chi connectivity index (χ4n) is 4.05. The zero-order chi connectivity index (χ0) is 22.1. The van der Waals surface area contributed by atoms with Crippen molar-refractivity contribution in [1.29, 1.82) is 0 Å². The Balaban J connectivity index is 0. The summed E-state index contributed by atoms with van der Waals surface area (Å²) < 4.78 is 1.42. The maximum atomic E-state index is 10.2. The number of nitrogens with zero attached hydrogens (tertiary/aromatic N) is 1. The zero-order valence-electron chi connectivity index (χ0n) is 20.7. The molecule has 170 valence electrons. The van der Waals surface area contributed by atoms with Crippen molar-refractivity contribution < 1.29 is 14.4 Å². The third-order valence-electron chi connectivity index (χ3n) is 5.42. The first kappa shape index (κ1) is 29.6. The highest BCUT2D eigenvalue weighted by Gasteiger charge is 2.24. The second kappa shape index (κ2) is 17.3. The number of carbonyl (C=O) groups excluding carboxylic acids is 1. The summed E-state index contributed by atoms with van der Waals surface area (Å²) in [5, 5.41) is 10.2. The number of rotatable bonds is 15. The van der Waals surface area contributed by atoms with Crippen LogP contribution in [0.1, 0.15) is 120 Å². The topological polar surface area (TPSA) is 40.1 Å². The molecule has 1 atom stereocenters. The highest BCUT2D eigenvalue weighted by Crippen LogP contribution is 2.25. The van der Waals surface area contributed by atoms with Gasteiger partial charge in [0.1, 0.15) is 0 Å². The van der Waals surface area contributed by atoms with Crippen LogP contribution in [-0.2, 0) is 4.79 Å². The van der Waals surface area contributed by atoms with Crippen LogP contribution in [0.25, 0.3) is 0 Å². The summed E-state index contributed by atoms with van der Waals surface area (Å²) >= 11 is 0. The molecule has 0 aromatic carbocycles. The van der Waals surface area contributed by atoms with E-state index in [1.165, 1.54) is 82.0 Å². The van der Waals surface area contributed by atoms with E-state index in [1.807, 2.05) is 6.92 Å². The number of quaternary nitrogens is 1. The van der Waals surface area contributed by atoms with Crippen molar-refractivity contribution in [2.45, 2.75) is 120 Å². The van der Waals surface area contributed by atoms with Gasteiger partial charge in [-0.2, -0.15) is 0 Å². The van der Waals surface area contributed by atoms with Crippen molar-refractivity contribution in [1.82, 2.24) is 0 Å². The summed E-state index contributed by atoms with van der Waals surface area (Å²) in [5.74, 6) is -0.721. The van der Waals surface area contributed by atoms with E-state index in [9.17, 15) is 9.90 Å². The molecule has 0 spiro atoms. The van der Waals surface area contributed by atoms with Crippen molar-refractivity contribution in [2.24, 2.45) is 11.3 Å². The van der Waals surface area contributed by atoms with Crippen molar-refractivity contribution >= 4 is 5.97 Å². The Labute approximate surface area is 177 Å². The Morgan fingerprint density at radius 2 is 1.11 bits per heavy atom. The molecule has 0 aliphatic rings. The molecule has 0 radical (unpaired) electrons. The lowest BCUT2D eigenvalue weighted by atomic mass is 9.84. The molecular weight excluding hydrogens is 346 g/mol. The molecule has 0 N–H and O–H groups in total. The van der Waals surface area contributed by atoms with E-state index in [2.05, 4.69) is 48.5 Å². The molecular formula is C25H53NO2. The number of aliphatic carboxylic acids is 1. The standard InChI is InChI=1S/C16H36N.C9H18O2/c1-5-9-13-17(14-10-6-2,15-11-7-3)16-12-8-4;1-7(5-8(10)11)6-9(2,3)4/h5-16H2,1-4H3;7H,5-6H2,1-4H3,(H,10,11)/q+1;/p-1. The Bertz CT molecular complexity index is 323. The van der Waals surface area contributed by atoms with Crippen molar-refractivity contribution in [3.63, 3.8) is 0 Å². The van der Waals surface area contributed by atoms with Gasteiger partial charge in [-0.3, -0.25) is 0 Å². The largest absolute Gasteiger partial charge is 0.550 e. The van der Waals surface area contributed by atoms with E-state index in [0.717, 1.165) is 6.42 Å². The first-order chi connectivity index (χ1) is 13.1. The number of carboxylic acid groups (broad SMARTS) is 1. The summed E-state index contributed by atoms with van der Waals surface area (Å²) in [5.41, 5.74) is 0.217. The highest BCUT2D eigenvalue weighted by molar-refractivity contribution is 5.64. The minimum atomic E-state index is -0.943. The molecule has 28 heavy (non-hydrogen) atoms. The van der Waals surface area contributed by atoms with Gasteiger partial charge >= 0.3 is 0 Å². The SMILES string of the molecule is CC(CC(=O)[O-])CC(C)(C)C.CCCC[N+](CCCC)(CCCC)CCCC. The average Bonchev–Trinajstić information content (AvgIpc) is 2.58. The fraction of sp³-hybridized carbons (Fsp3) is 0.960. The number of carboxylic acids is 1.